The van der Waals surface area contributed by atoms with E-state index in [0.29, 0.717) is 12.1 Å². The number of aromatic nitrogens is 2. The number of benzene rings is 1. The minimum atomic E-state index is -0.618. The van der Waals surface area contributed by atoms with Crippen LogP contribution < -0.4 is 26.8 Å². The largest absolute Gasteiger partial charge is 0.369 e. The first-order valence-corrected chi connectivity index (χ1v) is 10.1. The number of nitrogens with two attached hydrogens (primary N) is 1. The van der Waals surface area contributed by atoms with Crippen LogP contribution in [0.15, 0.2) is 41.5 Å². The van der Waals surface area contributed by atoms with Gasteiger partial charge in [-0.05, 0) is 24.5 Å². The number of hydrogen-bond donors (Lipinski definition) is 3. The molecule has 0 aliphatic carbocycles. The predicted molar refractivity (Wildman–Crippen MR) is 115 cm³/mol. The number of nitrogens with one attached hydrogen (secondary N) is 2. The smallest absolute Gasteiger partial charge is 0.277 e. The first-order valence-electron chi connectivity index (χ1n) is 10.1. The summed E-state index contributed by atoms with van der Waals surface area (Å²) in [6.07, 6.45) is 3.69. The van der Waals surface area contributed by atoms with Crippen molar-refractivity contribution in [1.82, 2.24) is 20.2 Å². The van der Waals surface area contributed by atoms with E-state index in [2.05, 4.69) is 20.5 Å². The second-order valence-electron chi connectivity index (χ2n) is 7.66. The SMILES string of the molecule is CC(C)C[C@@H](C(=O)NCN)n1ccnc(-c2ccc(N3CCNCC3)cc2)c1=O. The van der Waals surface area contributed by atoms with Crippen molar-refractivity contribution in [2.24, 2.45) is 11.7 Å². The van der Waals surface area contributed by atoms with E-state index in [1.807, 2.05) is 38.1 Å². The van der Waals surface area contributed by atoms with Crippen molar-refractivity contribution in [1.29, 1.82) is 0 Å². The summed E-state index contributed by atoms with van der Waals surface area (Å²) in [5, 5.41) is 5.97. The zero-order valence-electron chi connectivity index (χ0n) is 17.1. The van der Waals surface area contributed by atoms with Gasteiger partial charge in [0.15, 0.2) is 0 Å². The molecule has 1 aliphatic heterocycles. The summed E-state index contributed by atoms with van der Waals surface area (Å²) in [5.74, 6) is -0.0140. The minimum absolute atomic E-state index is 0.0353. The third-order valence-corrected chi connectivity index (χ3v) is 5.10. The molecule has 1 aromatic heterocycles. The number of anilines is 1. The number of nitrogens with zero attached hydrogens (tertiary/aromatic N) is 3. The fraction of sp³-hybridized carbons (Fsp3) is 0.476. The van der Waals surface area contributed by atoms with E-state index in [-0.39, 0.29) is 24.1 Å². The van der Waals surface area contributed by atoms with Crippen LogP contribution in [0.3, 0.4) is 0 Å². The average molecular weight is 399 g/mol. The third kappa shape index (κ3) is 5.02. The van der Waals surface area contributed by atoms with Gasteiger partial charge in [-0.1, -0.05) is 26.0 Å². The Bertz CT molecular complexity index is 871. The molecule has 1 aromatic carbocycles. The highest BCUT2D eigenvalue weighted by Crippen LogP contribution is 2.22. The van der Waals surface area contributed by atoms with E-state index in [4.69, 9.17) is 5.73 Å². The maximum Gasteiger partial charge on any atom is 0.277 e. The van der Waals surface area contributed by atoms with E-state index < -0.39 is 6.04 Å². The monoisotopic (exact) mass is 398 g/mol. The number of hydrogen-bond acceptors (Lipinski definition) is 6. The average Bonchev–Trinajstić information content (AvgIpc) is 2.73. The fourth-order valence-corrected chi connectivity index (χ4v) is 3.63. The van der Waals surface area contributed by atoms with Crippen LogP contribution in [-0.4, -0.2) is 48.3 Å². The van der Waals surface area contributed by atoms with Crippen LogP contribution in [0.25, 0.3) is 11.3 Å². The highest BCUT2D eigenvalue weighted by atomic mass is 16.2. The van der Waals surface area contributed by atoms with Crippen molar-refractivity contribution < 1.29 is 4.79 Å². The first kappa shape index (κ1) is 21.0. The Morgan fingerprint density at radius 3 is 2.55 bits per heavy atom. The maximum absolute atomic E-state index is 13.2. The Morgan fingerprint density at radius 1 is 1.24 bits per heavy atom. The molecule has 0 saturated carbocycles. The van der Waals surface area contributed by atoms with Gasteiger partial charge in [0.05, 0.1) is 6.67 Å². The van der Waals surface area contributed by atoms with Crippen molar-refractivity contribution in [2.75, 3.05) is 37.7 Å². The van der Waals surface area contributed by atoms with Crippen LogP contribution in [0.2, 0.25) is 0 Å². The van der Waals surface area contributed by atoms with Crippen LogP contribution in [-0.2, 0) is 4.79 Å². The fourth-order valence-electron chi connectivity index (χ4n) is 3.63. The zero-order chi connectivity index (χ0) is 20.8. The normalized spacial score (nSPS) is 15.4. The molecular weight excluding hydrogens is 368 g/mol. The van der Waals surface area contributed by atoms with Crippen LogP contribution >= 0.6 is 0 Å². The zero-order valence-corrected chi connectivity index (χ0v) is 17.1. The van der Waals surface area contributed by atoms with Gasteiger partial charge in [-0.3, -0.25) is 14.2 Å². The summed E-state index contributed by atoms with van der Waals surface area (Å²) in [7, 11) is 0. The quantitative estimate of drug-likeness (QED) is 0.600. The van der Waals surface area contributed by atoms with Gasteiger partial charge in [0.1, 0.15) is 11.7 Å². The standard InChI is InChI=1S/C21H30N6O2/c1-15(2)13-18(20(28)25-14-22)27-12-9-24-19(21(27)29)16-3-5-17(6-4-16)26-10-7-23-8-11-26/h3-6,9,12,15,18,23H,7-8,10-11,13-14,22H2,1-2H3,(H,25,28)/t18-/m0/s1. The molecule has 8 nitrogen and oxygen atoms in total. The van der Waals surface area contributed by atoms with Gasteiger partial charge in [0.25, 0.3) is 5.56 Å². The van der Waals surface area contributed by atoms with Crippen molar-refractivity contribution in [3.63, 3.8) is 0 Å². The molecule has 0 unspecified atom stereocenters. The van der Waals surface area contributed by atoms with Gasteiger partial charge in [-0.15, -0.1) is 0 Å². The lowest BCUT2D eigenvalue weighted by molar-refractivity contribution is -0.124. The molecule has 1 aliphatic rings. The van der Waals surface area contributed by atoms with Gasteiger partial charge in [0, 0.05) is 49.8 Å². The molecular formula is C21H30N6O2. The summed E-state index contributed by atoms with van der Waals surface area (Å²) in [5.41, 5.74) is 7.41. The molecule has 8 heteroatoms. The van der Waals surface area contributed by atoms with Crippen LogP contribution in [0.5, 0.6) is 0 Å². The van der Waals surface area contributed by atoms with Crippen molar-refractivity contribution in [3.8, 4) is 11.3 Å². The molecule has 1 fully saturated rings. The summed E-state index contributed by atoms with van der Waals surface area (Å²) < 4.78 is 1.47. The van der Waals surface area contributed by atoms with E-state index >= 15 is 0 Å². The van der Waals surface area contributed by atoms with E-state index in [1.54, 1.807) is 12.4 Å². The van der Waals surface area contributed by atoms with Gasteiger partial charge >= 0.3 is 0 Å². The van der Waals surface area contributed by atoms with Crippen LogP contribution in [0, 0.1) is 5.92 Å². The number of carbonyl (C=O) groups excluding carboxylic acids is 1. The predicted octanol–water partition coefficient (Wildman–Crippen LogP) is 0.940. The third-order valence-electron chi connectivity index (χ3n) is 5.10. The molecule has 29 heavy (non-hydrogen) atoms. The Morgan fingerprint density at radius 2 is 1.93 bits per heavy atom. The minimum Gasteiger partial charge on any atom is -0.369 e. The number of rotatable bonds is 7. The highest BCUT2D eigenvalue weighted by molar-refractivity contribution is 5.80. The van der Waals surface area contributed by atoms with Gasteiger partial charge < -0.3 is 21.3 Å². The first-order chi connectivity index (χ1) is 14.0. The second kappa shape index (κ2) is 9.67. The Labute approximate surface area is 171 Å². The molecule has 2 heterocycles. The van der Waals surface area contributed by atoms with E-state index in [9.17, 15) is 9.59 Å². The summed E-state index contributed by atoms with van der Waals surface area (Å²) in [6, 6.07) is 7.26. The van der Waals surface area contributed by atoms with Crippen molar-refractivity contribution in [2.45, 2.75) is 26.3 Å². The Balaban J connectivity index is 1.91. The van der Waals surface area contributed by atoms with Crippen molar-refractivity contribution in [3.05, 3.63) is 47.0 Å². The van der Waals surface area contributed by atoms with Crippen LogP contribution in [0.1, 0.15) is 26.3 Å². The van der Waals surface area contributed by atoms with Crippen LogP contribution in [0.4, 0.5) is 5.69 Å². The lowest BCUT2D eigenvalue weighted by Crippen LogP contribution is -2.43. The summed E-state index contributed by atoms with van der Waals surface area (Å²) >= 11 is 0. The molecule has 0 spiro atoms. The summed E-state index contributed by atoms with van der Waals surface area (Å²) in [6.45, 7) is 7.93. The molecule has 0 radical (unpaired) electrons. The van der Waals surface area contributed by atoms with Crippen molar-refractivity contribution >= 4 is 11.6 Å². The highest BCUT2D eigenvalue weighted by Gasteiger charge is 2.23. The molecule has 1 saturated heterocycles. The van der Waals surface area contributed by atoms with Gasteiger partial charge in [-0.2, -0.15) is 0 Å². The number of carbonyl (C=O) groups is 1. The molecule has 3 rings (SSSR count). The lowest BCUT2D eigenvalue weighted by atomic mass is 10.0. The topological polar surface area (TPSA) is 105 Å². The second-order valence-corrected chi connectivity index (χ2v) is 7.66. The molecule has 1 atom stereocenters. The molecule has 156 valence electrons. The Hall–Kier alpha value is -2.71. The molecule has 4 N–H and O–H groups in total. The lowest BCUT2D eigenvalue weighted by Gasteiger charge is -2.29. The molecule has 2 aromatic rings. The van der Waals surface area contributed by atoms with Gasteiger partial charge in [0.2, 0.25) is 5.91 Å². The van der Waals surface area contributed by atoms with E-state index in [1.165, 1.54) is 4.57 Å². The molecule has 1 amide bonds. The molecule has 0 bridgehead atoms. The Kier molecular flexibility index (Phi) is 7.00. The maximum atomic E-state index is 13.2. The summed E-state index contributed by atoms with van der Waals surface area (Å²) in [4.78, 5) is 32.3. The van der Waals surface area contributed by atoms with Gasteiger partial charge in [-0.25, -0.2) is 4.98 Å². The number of amides is 1. The number of piperazine rings is 1. The van der Waals surface area contributed by atoms with E-state index in [0.717, 1.165) is 37.4 Å².